The first-order chi connectivity index (χ1) is 12.7. The largest absolute Gasteiger partial charge is 0.318 e. The molecule has 1 aromatic heterocycles. The van der Waals surface area contributed by atoms with E-state index >= 15 is 0 Å². The number of nitrogens with two attached hydrogens (primary N) is 1. The van der Waals surface area contributed by atoms with Crippen molar-refractivity contribution < 1.29 is 13.2 Å². The molecule has 2 aromatic rings. The lowest BCUT2D eigenvalue weighted by molar-refractivity contribution is 0.0892. The Bertz CT molecular complexity index is 946. The van der Waals surface area contributed by atoms with Crippen LogP contribution in [0.25, 0.3) is 5.69 Å². The van der Waals surface area contributed by atoms with Gasteiger partial charge < -0.3 is 4.57 Å². The highest BCUT2D eigenvalue weighted by Crippen LogP contribution is 2.23. The van der Waals surface area contributed by atoms with E-state index in [-0.39, 0.29) is 10.7 Å². The number of carbonyl (C=O) groups excluding carboxylic acids is 1. The summed E-state index contributed by atoms with van der Waals surface area (Å²) in [5, 5.41) is 5.16. The Labute approximate surface area is 161 Å². The highest BCUT2D eigenvalue weighted by atomic mass is 32.2. The molecule has 1 atom stereocenters. The van der Waals surface area contributed by atoms with Crippen molar-refractivity contribution in [3.8, 4) is 5.69 Å². The molecule has 3 rings (SSSR count). The van der Waals surface area contributed by atoms with Crippen LogP contribution in [0.1, 0.15) is 41.5 Å². The van der Waals surface area contributed by atoms with E-state index in [4.69, 9.17) is 5.14 Å². The molecule has 1 saturated heterocycles. The van der Waals surface area contributed by atoms with E-state index in [2.05, 4.69) is 11.8 Å². The van der Waals surface area contributed by atoms with Gasteiger partial charge in [-0.25, -0.2) is 13.6 Å². The van der Waals surface area contributed by atoms with Crippen molar-refractivity contribution in [2.24, 2.45) is 11.1 Å². The number of nitrogens with zero attached hydrogens (tertiary/aromatic N) is 2. The number of primary sulfonamides is 1. The molecule has 146 valence electrons. The molecule has 0 bridgehead atoms. The van der Waals surface area contributed by atoms with E-state index in [1.807, 2.05) is 24.5 Å². The molecule has 1 aliphatic heterocycles. The van der Waals surface area contributed by atoms with Crippen molar-refractivity contribution in [1.29, 1.82) is 0 Å². The van der Waals surface area contributed by atoms with Crippen molar-refractivity contribution >= 4 is 15.8 Å². The molecule has 0 radical (unpaired) electrons. The number of sulfonamides is 1. The standard InChI is InChI=1S/C20H27N3O3S/c1-14-5-4-10-22(12-14)13-20(24)19-11-15(2)23(16(19)3)17-6-8-18(9-7-17)27(21,25)26/h6-9,11,14H,4-5,10,12-13H2,1-3H3,(H2,21,25,26)/t14-/m1/s1. The number of aromatic nitrogens is 1. The number of hydrogen-bond acceptors (Lipinski definition) is 4. The van der Waals surface area contributed by atoms with E-state index in [1.165, 1.54) is 18.6 Å². The van der Waals surface area contributed by atoms with Gasteiger partial charge in [0.1, 0.15) is 0 Å². The summed E-state index contributed by atoms with van der Waals surface area (Å²) < 4.78 is 24.9. The second-order valence-electron chi connectivity index (χ2n) is 7.56. The summed E-state index contributed by atoms with van der Waals surface area (Å²) in [6.07, 6.45) is 2.37. The van der Waals surface area contributed by atoms with Crippen LogP contribution in [0.5, 0.6) is 0 Å². The molecule has 1 fully saturated rings. The van der Waals surface area contributed by atoms with Crippen LogP contribution in [-0.4, -0.2) is 43.3 Å². The molecule has 0 spiro atoms. The van der Waals surface area contributed by atoms with Gasteiger partial charge in [-0.2, -0.15) is 0 Å². The van der Waals surface area contributed by atoms with Crippen LogP contribution in [0, 0.1) is 19.8 Å². The summed E-state index contributed by atoms with van der Waals surface area (Å²) in [6, 6.07) is 8.31. The molecule has 6 nitrogen and oxygen atoms in total. The van der Waals surface area contributed by atoms with Gasteiger partial charge in [0, 0.05) is 29.2 Å². The van der Waals surface area contributed by atoms with Crippen molar-refractivity contribution in [2.75, 3.05) is 19.6 Å². The van der Waals surface area contributed by atoms with Crippen LogP contribution in [0.15, 0.2) is 35.2 Å². The maximum atomic E-state index is 12.9. The molecule has 0 aliphatic carbocycles. The lowest BCUT2D eigenvalue weighted by Crippen LogP contribution is -2.38. The molecular weight excluding hydrogens is 362 g/mol. The van der Waals surface area contributed by atoms with Crippen LogP contribution in [0.4, 0.5) is 0 Å². The topological polar surface area (TPSA) is 85.4 Å². The number of rotatable bonds is 5. The van der Waals surface area contributed by atoms with Crippen LogP contribution in [0.3, 0.4) is 0 Å². The summed E-state index contributed by atoms with van der Waals surface area (Å²) in [5.74, 6) is 0.765. The number of likely N-dealkylation sites (tertiary alicyclic amines) is 1. The van der Waals surface area contributed by atoms with Crippen molar-refractivity contribution in [3.63, 3.8) is 0 Å². The fraction of sp³-hybridized carbons (Fsp3) is 0.450. The fourth-order valence-electron chi connectivity index (χ4n) is 3.95. The first kappa shape index (κ1) is 19.8. The van der Waals surface area contributed by atoms with Crippen LogP contribution in [0.2, 0.25) is 0 Å². The zero-order chi connectivity index (χ0) is 19.8. The monoisotopic (exact) mass is 389 g/mol. The Balaban J connectivity index is 1.85. The molecule has 1 aromatic carbocycles. The fourth-order valence-corrected chi connectivity index (χ4v) is 4.46. The Kier molecular flexibility index (Phi) is 5.55. The minimum Gasteiger partial charge on any atom is -0.318 e. The average molecular weight is 390 g/mol. The zero-order valence-corrected chi connectivity index (χ0v) is 16.9. The van der Waals surface area contributed by atoms with Gasteiger partial charge in [-0.3, -0.25) is 9.69 Å². The summed E-state index contributed by atoms with van der Waals surface area (Å²) in [5.41, 5.74) is 3.33. The van der Waals surface area contributed by atoms with Crippen LogP contribution in [-0.2, 0) is 10.0 Å². The van der Waals surface area contributed by atoms with Gasteiger partial charge in [0.2, 0.25) is 10.0 Å². The third-order valence-corrected chi connectivity index (χ3v) is 6.19. The number of ketones is 1. The third kappa shape index (κ3) is 4.31. The Morgan fingerprint density at radius 1 is 1.22 bits per heavy atom. The van der Waals surface area contributed by atoms with Crippen molar-refractivity contribution in [1.82, 2.24) is 9.47 Å². The highest BCUT2D eigenvalue weighted by molar-refractivity contribution is 7.89. The molecule has 0 unspecified atom stereocenters. The molecule has 27 heavy (non-hydrogen) atoms. The van der Waals surface area contributed by atoms with Gasteiger partial charge in [0.05, 0.1) is 11.4 Å². The minimum atomic E-state index is -3.72. The first-order valence-electron chi connectivity index (χ1n) is 9.24. The molecular formula is C20H27N3O3S. The van der Waals surface area contributed by atoms with Gasteiger partial charge in [-0.1, -0.05) is 6.92 Å². The van der Waals surface area contributed by atoms with Gasteiger partial charge in [0.25, 0.3) is 0 Å². The SMILES string of the molecule is Cc1cc(C(=O)CN2CCC[C@@H](C)C2)c(C)n1-c1ccc(S(N)(=O)=O)cc1. The van der Waals surface area contributed by atoms with E-state index in [9.17, 15) is 13.2 Å². The molecule has 7 heteroatoms. The number of carbonyl (C=O) groups is 1. The van der Waals surface area contributed by atoms with Crippen LogP contribution >= 0.6 is 0 Å². The summed E-state index contributed by atoms with van der Waals surface area (Å²) >= 11 is 0. The number of hydrogen-bond donors (Lipinski definition) is 1. The Hall–Kier alpha value is -1.96. The summed E-state index contributed by atoms with van der Waals surface area (Å²) in [4.78, 5) is 15.2. The van der Waals surface area contributed by atoms with Gasteiger partial charge in [-0.15, -0.1) is 0 Å². The average Bonchev–Trinajstić information content (AvgIpc) is 2.89. The number of benzene rings is 1. The van der Waals surface area contributed by atoms with E-state index < -0.39 is 10.0 Å². The first-order valence-corrected chi connectivity index (χ1v) is 10.8. The summed E-state index contributed by atoms with van der Waals surface area (Å²) in [6.45, 7) is 8.49. The Morgan fingerprint density at radius 3 is 2.48 bits per heavy atom. The van der Waals surface area contributed by atoms with Crippen molar-refractivity contribution in [2.45, 2.75) is 38.5 Å². The van der Waals surface area contributed by atoms with Gasteiger partial charge in [0.15, 0.2) is 5.78 Å². The maximum Gasteiger partial charge on any atom is 0.238 e. The third-order valence-electron chi connectivity index (χ3n) is 5.26. The molecule has 0 amide bonds. The predicted octanol–water partition coefficient (Wildman–Crippen LogP) is 2.66. The van der Waals surface area contributed by atoms with E-state index in [0.29, 0.717) is 12.5 Å². The lowest BCUT2D eigenvalue weighted by Gasteiger charge is -2.30. The van der Waals surface area contributed by atoms with Crippen LogP contribution < -0.4 is 5.14 Å². The smallest absolute Gasteiger partial charge is 0.238 e. The second-order valence-corrected chi connectivity index (χ2v) is 9.13. The number of Topliss-reactive ketones (excluding diaryl/α,β-unsaturated/α-hetero) is 1. The second kappa shape index (κ2) is 7.58. The minimum absolute atomic E-state index is 0.0734. The Morgan fingerprint density at radius 2 is 1.89 bits per heavy atom. The molecule has 2 N–H and O–H groups in total. The molecule has 2 heterocycles. The van der Waals surface area contributed by atoms with Gasteiger partial charge in [-0.05, 0) is 69.5 Å². The maximum absolute atomic E-state index is 12.9. The van der Waals surface area contributed by atoms with E-state index in [0.717, 1.165) is 42.1 Å². The normalized spacial score (nSPS) is 18.6. The predicted molar refractivity (Wildman–Crippen MR) is 106 cm³/mol. The zero-order valence-electron chi connectivity index (χ0n) is 16.1. The van der Waals surface area contributed by atoms with Gasteiger partial charge >= 0.3 is 0 Å². The summed E-state index contributed by atoms with van der Waals surface area (Å²) in [7, 11) is -3.72. The number of aryl methyl sites for hydroxylation is 1. The molecule has 0 saturated carbocycles. The molecule has 1 aliphatic rings. The highest BCUT2D eigenvalue weighted by Gasteiger charge is 2.22. The van der Waals surface area contributed by atoms with E-state index in [1.54, 1.807) is 12.1 Å². The quantitative estimate of drug-likeness (QED) is 0.797. The van der Waals surface area contributed by atoms with Crippen molar-refractivity contribution in [3.05, 3.63) is 47.3 Å². The number of piperidine rings is 1. The lowest BCUT2D eigenvalue weighted by atomic mass is 9.99.